The molecule has 0 unspecified atom stereocenters. The number of nitrogens with one attached hydrogen (secondary N) is 1. The van der Waals surface area contributed by atoms with Gasteiger partial charge in [-0.2, -0.15) is 0 Å². The molecule has 1 amide bonds. The first-order valence-electron chi connectivity index (χ1n) is 7.38. The minimum atomic E-state index is -3.53. The van der Waals surface area contributed by atoms with Crippen molar-refractivity contribution >= 4 is 24.8 Å². The van der Waals surface area contributed by atoms with Crippen molar-refractivity contribution in [1.82, 2.24) is 5.32 Å². The molecule has 0 aliphatic heterocycles. The van der Waals surface area contributed by atoms with E-state index in [2.05, 4.69) is 5.32 Å². The second kappa shape index (κ2) is 8.41. The van der Waals surface area contributed by atoms with Crippen LogP contribution in [0.3, 0.4) is 0 Å². The molecule has 1 aromatic heterocycles. The summed E-state index contributed by atoms with van der Waals surface area (Å²) in [7, 11) is -3.53. The molecule has 1 aromatic carbocycles. The Morgan fingerprint density at radius 2 is 1.78 bits per heavy atom. The predicted octanol–water partition coefficient (Wildman–Crippen LogP) is 4.44. The summed E-state index contributed by atoms with van der Waals surface area (Å²) in [5.41, 5.74) is 0.683. The van der Waals surface area contributed by atoms with Gasteiger partial charge in [-0.25, -0.2) is 0 Å². The number of carbonyl (C=O) groups excluding carboxylic acids is 1. The number of amides is 1. The molecule has 2 aromatic rings. The molecule has 0 bridgehead atoms. The number of rotatable bonds is 8. The lowest BCUT2D eigenvalue weighted by Gasteiger charge is -2.27. The van der Waals surface area contributed by atoms with Gasteiger partial charge in [-0.3, -0.25) is 9.36 Å². The highest BCUT2D eigenvalue weighted by Crippen LogP contribution is 2.59. The maximum Gasteiger partial charge on any atom is 0.357 e. The van der Waals surface area contributed by atoms with Gasteiger partial charge in [0.2, 0.25) is 0 Å². The zero-order valence-electron chi connectivity index (χ0n) is 13.1. The number of carbonyl (C=O) groups is 1. The third-order valence-electron chi connectivity index (χ3n) is 3.06. The van der Waals surface area contributed by atoms with Gasteiger partial charge in [-0.1, -0.05) is 36.4 Å². The van der Waals surface area contributed by atoms with E-state index in [4.69, 9.17) is 9.05 Å². The normalized spacial score (nSPS) is 12.8. The van der Waals surface area contributed by atoms with Crippen LogP contribution in [0.1, 0.15) is 34.9 Å². The molecule has 23 heavy (non-hydrogen) atoms. The summed E-state index contributed by atoms with van der Waals surface area (Å²) < 4.78 is 24.0. The number of benzene rings is 1. The molecule has 1 heterocycles. The Balaban J connectivity index is 2.35. The average Bonchev–Trinajstić information content (AvgIpc) is 3.08. The molecule has 0 saturated carbocycles. The fourth-order valence-corrected chi connectivity index (χ4v) is 4.66. The van der Waals surface area contributed by atoms with E-state index in [1.54, 1.807) is 38.1 Å². The van der Waals surface area contributed by atoms with Crippen LogP contribution in [0.15, 0.2) is 47.8 Å². The van der Waals surface area contributed by atoms with Gasteiger partial charge >= 0.3 is 7.60 Å². The Morgan fingerprint density at radius 1 is 1.13 bits per heavy atom. The second-order valence-electron chi connectivity index (χ2n) is 4.64. The zero-order valence-corrected chi connectivity index (χ0v) is 14.8. The first-order chi connectivity index (χ1) is 11.1. The maximum absolute atomic E-state index is 13.2. The molecular weight excluding hydrogens is 333 g/mol. The van der Waals surface area contributed by atoms with E-state index >= 15 is 0 Å². The molecule has 0 spiro atoms. The van der Waals surface area contributed by atoms with E-state index in [0.29, 0.717) is 10.4 Å². The largest absolute Gasteiger partial charge is 0.357 e. The quantitative estimate of drug-likeness (QED) is 0.713. The van der Waals surface area contributed by atoms with Gasteiger partial charge < -0.3 is 14.4 Å². The molecule has 0 fully saturated rings. The predicted molar refractivity (Wildman–Crippen MR) is 91.8 cm³/mol. The lowest BCUT2D eigenvalue weighted by atomic mass is 10.2. The van der Waals surface area contributed by atoms with Gasteiger partial charge in [0.25, 0.3) is 5.91 Å². The van der Waals surface area contributed by atoms with Gasteiger partial charge in [0.05, 0.1) is 18.1 Å². The smallest absolute Gasteiger partial charge is 0.334 e. The second-order valence-corrected chi connectivity index (χ2v) is 7.70. The Hall–Kier alpha value is -1.46. The van der Waals surface area contributed by atoms with E-state index < -0.39 is 13.4 Å². The minimum absolute atomic E-state index is 0.232. The van der Waals surface area contributed by atoms with Crippen molar-refractivity contribution in [3.8, 4) is 0 Å². The topological polar surface area (TPSA) is 64.6 Å². The molecule has 1 atom stereocenters. The summed E-state index contributed by atoms with van der Waals surface area (Å²) in [6, 6.07) is 12.6. The van der Waals surface area contributed by atoms with Crippen LogP contribution in [0.2, 0.25) is 0 Å². The molecule has 1 N–H and O–H groups in total. The Bertz CT molecular complexity index is 650. The fourth-order valence-electron chi connectivity index (χ4n) is 2.13. The van der Waals surface area contributed by atoms with Crippen molar-refractivity contribution in [3.05, 3.63) is 58.3 Å². The van der Waals surface area contributed by atoms with E-state index in [-0.39, 0.29) is 19.1 Å². The Labute approximate surface area is 140 Å². The summed E-state index contributed by atoms with van der Waals surface area (Å²) in [5.74, 6) is -1.15. The summed E-state index contributed by atoms with van der Waals surface area (Å²) in [5, 5.41) is 4.62. The Morgan fingerprint density at radius 3 is 2.30 bits per heavy atom. The molecule has 0 radical (unpaired) electrons. The highest BCUT2D eigenvalue weighted by molar-refractivity contribution is 7.54. The van der Waals surface area contributed by atoms with E-state index in [9.17, 15) is 9.36 Å². The monoisotopic (exact) mass is 353 g/mol. The summed E-state index contributed by atoms with van der Waals surface area (Å²) in [6.45, 7) is 3.95. The van der Waals surface area contributed by atoms with Crippen molar-refractivity contribution in [2.75, 3.05) is 13.2 Å². The van der Waals surface area contributed by atoms with E-state index in [1.807, 2.05) is 23.6 Å². The fraction of sp³-hybridized carbons (Fsp3) is 0.312. The highest BCUT2D eigenvalue weighted by Gasteiger charge is 2.38. The summed E-state index contributed by atoms with van der Waals surface area (Å²) in [4.78, 5) is 13.0. The SMILES string of the molecule is CCOP(=O)(OCC)[C@@H](NC(=O)c1cccs1)c1ccccc1. The van der Waals surface area contributed by atoms with Crippen molar-refractivity contribution < 1.29 is 18.4 Å². The van der Waals surface area contributed by atoms with Crippen LogP contribution >= 0.6 is 18.9 Å². The lowest BCUT2D eigenvalue weighted by molar-refractivity contribution is 0.0941. The van der Waals surface area contributed by atoms with Crippen molar-refractivity contribution in [2.45, 2.75) is 19.6 Å². The molecule has 0 aliphatic rings. The molecule has 0 aliphatic carbocycles. The van der Waals surface area contributed by atoms with Crippen LogP contribution in [-0.4, -0.2) is 19.1 Å². The highest BCUT2D eigenvalue weighted by atomic mass is 32.1. The van der Waals surface area contributed by atoms with Gasteiger partial charge in [-0.05, 0) is 30.9 Å². The van der Waals surface area contributed by atoms with Gasteiger partial charge in [0.1, 0.15) is 0 Å². The number of hydrogen-bond donors (Lipinski definition) is 1. The molecule has 0 saturated heterocycles. The van der Waals surface area contributed by atoms with Crippen molar-refractivity contribution in [2.24, 2.45) is 0 Å². The third kappa shape index (κ3) is 4.52. The first kappa shape index (κ1) is 17.9. The van der Waals surface area contributed by atoms with Crippen LogP contribution in [0.25, 0.3) is 0 Å². The standard InChI is InChI=1S/C16H20NO4PS/c1-3-20-22(19,21-4-2)16(13-9-6-5-7-10-13)17-15(18)14-11-8-12-23-14/h5-12,16H,3-4H2,1-2H3,(H,17,18)/t16-/m1/s1. The van der Waals surface area contributed by atoms with Crippen LogP contribution < -0.4 is 5.32 Å². The summed E-state index contributed by atoms with van der Waals surface area (Å²) >= 11 is 1.32. The van der Waals surface area contributed by atoms with Gasteiger partial charge in [-0.15, -0.1) is 11.3 Å². The van der Waals surface area contributed by atoms with Crippen LogP contribution in [0.5, 0.6) is 0 Å². The van der Waals surface area contributed by atoms with Gasteiger partial charge in [0, 0.05) is 0 Å². The Kier molecular flexibility index (Phi) is 6.54. The molecule has 7 heteroatoms. The van der Waals surface area contributed by atoms with Crippen molar-refractivity contribution in [1.29, 1.82) is 0 Å². The van der Waals surface area contributed by atoms with Crippen LogP contribution in [0.4, 0.5) is 0 Å². The van der Waals surface area contributed by atoms with E-state index in [0.717, 1.165) is 0 Å². The number of hydrogen-bond acceptors (Lipinski definition) is 5. The molecule has 124 valence electrons. The van der Waals surface area contributed by atoms with E-state index in [1.165, 1.54) is 11.3 Å². The summed E-state index contributed by atoms with van der Waals surface area (Å²) in [6.07, 6.45) is 0. The van der Waals surface area contributed by atoms with Crippen molar-refractivity contribution in [3.63, 3.8) is 0 Å². The first-order valence-corrected chi connectivity index (χ1v) is 9.88. The molecule has 2 rings (SSSR count). The van der Waals surface area contributed by atoms with Crippen LogP contribution in [0, 0.1) is 0 Å². The zero-order chi connectivity index (χ0) is 16.7. The third-order valence-corrected chi connectivity index (χ3v) is 6.23. The lowest BCUT2D eigenvalue weighted by Crippen LogP contribution is -2.29. The average molecular weight is 353 g/mol. The van der Waals surface area contributed by atoms with Crippen LogP contribution in [-0.2, 0) is 13.6 Å². The molecular formula is C16H20NO4PS. The molecule has 5 nitrogen and oxygen atoms in total. The number of thiophene rings is 1. The maximum atomic E-state index is 13.2. The van der Waals surface area contributed by atoms with Gasteiger partial charge in [0.15, 0.2) is 5.78 Å². The minimum Gasteiger partial charge on any atom is -0.334 e.